The lowest BCUT2D eigenvalue weighted by atomic mass is 9.68. The molecule has 0 aromatic heterocycles. The fourth-order valence-electron chi connectivity index (χ4n) is 3.26. The Labute approximate surface area is 139 Å². The summed E-state index contributed by atoms with van der Waals surface area (Å²) in [6.07, 6.45) is 6.94. The molecule has 2 rings (SSSR count). The van der Waals surface area contributed by atoms with E-state index >= 15 is 0 Å². The molecule has 0 bridgehead atoms. The Morgan fingerprint density at radius 2 is 1.74 bits per heavy atom. The lowest BCUT2D eigenvalue weighted by Gasteiger charge is -2.43. The summed E-state index contributed by atoms with van der Waals surface area (Å²) in [5, 5.41) is 0. The molecular weight excluding hydrogens is 308 g/mol. The minimum absolute atomic E-state index is 0.0731. The standard InChI is InChI=1S/C19H24O3S/c1-5-23(21,22)19(17(20)15-11-7-6-8-12-15)14-10-9-13-16(19)18(2,3)4/h6-14,16H,5H2,1-4H3. The van der Waals surface area contributed by atoms with Gasteiger partial charge in [0.2, 0.25) is 0 Å². The number of sulfone groups is 1. The molecule has 0 saturated heterocycles. The number of carbonyl (C=O) groups excluding carboxylic acids is 1. The van der Waals surface area contributed by atoms with Crippen LogP contribution in [0, 0.1) is 11.3 Å². The highest BCUT2D eigenvalue weighted by Crippen LogP contribution is 2.45. The van der Waals surface area contributed by atoms with Gasteiger partial charge in [-0.2, -0.15) is 0 Å². The second-order valence-corrected chi connectivity index (χ2v) is 9.46. The molecule has 0 amide bonds. The Hall–Kier alpha value is -1.68. The molecule has 23 heavy (non-hydrogen) atoms. The maximum Gasteiger partial charge on any atom is 0.188 e. The second kappa shape index (κ2) is 6.08. The van der Waals surface area contributed by atoms with Gasteiger partial charge < -0.3 is 0 Å². The van der Waals surface area contributed by atoms with E-state index in [2.05, 4.69) is 0 Å². The van der Waals surface area contributed by atoms with Crippen LogP contribution in [0.15, 0.2) is 54.6 Å². The van der Waals surface area contributed by atoms with Crippen LogP contribution in [0.25, 0.3) is 0 Å². The van der Waals surface area contributed by atoms with Crippen LogP contribution in [0.4, 0.5) is 0 Å². The molecule has 2 atom stereocenters. The molecule has 0 fully saturated rings. The second-order valence-electron chi connectivity index (χ2n) is 6.98. The average molecular weight is 332 g/mol. The van der Waals surface area contributed by atoms with Gasteiger partial charge in [-0.3, -0.25) is 4.79 Å². The molecule has 1 aromatic rings. The van der Waals surface area contributed by atoms with E-state index in [1.54, 1.807) is 43.3 Å². The minimum atomic E-state index is -3.65. The van der Waals surface area contributed by atoms with Gasteiger partial charge in [0.05, 0.1) is 0 Å². The van der Waals surface area contributed by atoms with Crippen LogP contribution >= 0.6 is 0 Å². The van der Waals surface area contributed by atoms with Crippen LogP contribution < -0.4 is 0 Å². The van der Waals surface area contributed by atoms with Crippen molar-refractivity contribution in [1.29, 1.82) is 0 Å². The lowest BCUT2D eigenvalue weighted by Crippen LogP contribution is -2.55. The lowest BCUT2D eigenvalue weighted by molar-refractivity contribution is 0.0896. The smallest absolute Gasteiger partial charge is 0.188 e. The van der Waals surface area contributed by atoms with E-state index in [0.717, 1.165) is 0 Å². The van der Waals surface area contributed by atoms with E-state index < -0.39 is 20.5 Å². The van der Waals surface area contributed by atoms with Gasteiger partial charge in [-0.25, -0.2) is 8.42 Å². The van der Waals surface area contributed by atoms with Gasteiger partial charge in [0, 0.05) is 17.2 Å². The van der Waals surface area contributed by atoms with Crippen LogP contribution in [0.2, 0.25) is 0 Å². The number of hydrogen-bond acceptors (Lipinski definition) is 3. The summed E-state index contributed by atoms with van der Waals surface area (Å²) in [5.74, 6) is -0.839. The van der Waals surface area contributed by atoms with E-state index in [-0.39, 0.29) is 17.0 Å². The summed E-state index contributed by atoms with van der Waals surface area (Å²) in [4.78, 5) is 13.3. The van der Waals surface area contributed by atoms with Crippen molar-refractivity contribution in [3.8, 4) is 0 Å². The Balaban J connectivity index is 2.75. The molecule has 0 heterocycles. The first-order valence-corrected chi connectivity index (χ1v) is 9.50. The molecule has 1 aliphatic carbocycles. The van der Waals surface area contributed by atoms with Crippen LogP contribution in [-0.2, 0) is 9.84 Å². The zero-order valence-corrected chi connectivity index (χ0v) is 14.9. The number of allylic oxidation sites excluding steroid dienone is 3. The first-order chi connectivity index (χ1) is 10.7. The highest BCUT2D eigenvalue weighted by atomic mass is 32.2. The van der Waals surface area contributed by atoms with Gasteiger partial charge in [-0.05, 0) is 5.41 Å². The number of hydrogen-bond donors (Lipinski definition) is 0. The molecule has 1 aromatic carbocycles. The molecule has 124 valence electrons. The van der Waals surface area contributed by atoms with E-state index in [1.165, 1.54) is 0 Å². The summed E-state index contributed by atoms with van der Waals surface area (Å²) in [7, 11) is -3.65. The van der Waals surface area contributed by atoms with Crippen molar-refractivity contribution in [1.82, 2.24) is 0 Å². The Morgan fingerprint density at radius 1 is 1.13 bits per heavy atom. The zero-order chi connectivity index (χ0) is 17.3. The first-order valence-electron chi connectivity index (χ1n) is 7.85. The van der Waals surface area contributed by atoms with Gasteiger partial charge in [0.1, 0.15) is 0 Å². The van der Waals surface area contributed by atoms with E-state index in [9.17, 15) is 13.2 Å². The summed E-state index contributed by atoms with van der Waals surface area (Å²) < 4.78 is 24.5. The monoisotopic (exact) mass is 332 g/mol. The minimum Gasteiger partial charge on any atom is -0.292 e. The van der Waals surface area contributed by atoms with Crippen molar-refractivity contribution >= 4 is 15.6 Å². The zero-order valence-electron chi connectivity index (χ0n) is 14.1. The molecule has 2 unspecified atom stereocenters. The van der Waals surface area contributed by atoms with E-state index in [4.69, 9.17) is 0 Å². The molecule has 0 N–H and O–H groups in total. The van der Waals surface area contributed by atoms with Crippen molar-refractivity contribution in [3.63, 3.8) is 0 Å². The highest BCUT2D eigenvalue weighted by Gasteiger charge is 2.56. The summed E-state index contributed by atoms with van der Waals surface area (Å²) in [5.41, 5.74) is 0.0623. The van der Waals surface area contributed by atoms with Crippen molar-refractivity contribution in [3.05, 3.63) is 60.2 Å². The van der Waals surface area contributed by atoms with Gasteiger partial charge in [0.15, 0.2) is 20.4 Å². The topological polar surface area (TPSA) is 51.2 Å². The Morgan fingerprint density at radius 3 is 2.26 bits per heavy atom. The van der Waals surface area contributed by atoms with Gasteiger partial charge in [-0.1, -0.05) is 82.3 Å². The molecule has 3 nitrogen and oxygen atoms in total. The molecule has 0 saturated carbocycles. The quantitative estimate of drug-likeness (QED) is 0.787. The molecule has 0 radical (unpaired) electrons. The van der Waals surface area contributed by atoms with Crippen LogP contribution in [0.1, 0.15) is 38.1 Å². The predicted molar refractivity (Wildman–Crippen MR) is 94.2 cm³/mol. The highest BCUT2D eigenvalue weighted by molar-refractivity contribution is 7.93. The van der Waals surface area contributed by atoms with Crippen molar-refractivity contribution < 1.29 is 13.2 Å². The number of ketones is 1. The van der Waals surface area contributed by atoms with Gasteiger partial charge >= 0.3 is 0 Å². The molecule has 0 aliphatic heterocycles. The maximum atomic E-state index is 13.3. The van der Waals surface area contributed by atoms with E-state index in [0.29, 0.717) is 5.56 Å². The number of benzene rings is 1. The van der Waals surface area contributed by atoms with Crippen molar-refractivity contribution in [2.75, 3.05) is 5.75 Å². The summed E-state index contributed by atoms with van der Waals surface area (Å²) in [6.45, 7) is 7.51. The predicted octanol–water partition coefficient (Wildman–Crippen LogP) is 3.83. The average Bonchev–Trinajstić information content (AvgIpc) is 2.53. The van der Waals surface area contributed by atoms with Crippen LogP contribution in [0.5, 0.6) is 0 Å². The Bertz CT molecular complexity index is 737. The van der Waals surface area contributed by atoms with Gasteiger partial charge in [-0.15, -0.1) is 0 Å². The third-order valence-corrected chi connectivity index (χ3v) is 6.80. The molecular formula is C19H24O3S. The number of rotatable bonds is 4. The molecule has 0 spiro atoms. The van der Waals surface area contributed by atoms with Crippen LogP contribution in [-0.4, -0.2) is 24.7 Å². The van der Waals surface area contributed by atoms with Gasteiger partial charge in [0.25, 0.3) is 0 Å². The third kappa shape index (κ3) is 2.92. The third-order valence-electron chi connectivity index (χ3n) is 4.44. The SMILES string of the molecule is CCS(=O)(=O)C1(C(=O)c2ccccc2)C=CC=CC1C(C)(C)C. The number of carbonyl (C=O) groups is 1. The largest absolute Gasteiger partial charge is 0.292 e. The normalized spacial score (nSPS) is 24.6. The first kappa shape index (κ1) is 17.7. The maximum absolute atomic E-state index is 13.3. The van der Waals surface area contributed by atoms with Crippen molar-refractivity contribution in [2.45, 2.75) is 32.4 Å². The number of Topliss-reactive ketones (excluding diaryl/α,β-unsaturated/α-hetero) is 1. The summed E-state index contributed by atoms with van der Waals surface area (Å²) in [6, 6.07) is 8.69. The summed E-state index contributed by atoms with van der Waals surface area (Å²) >= 11 is 0. The fourth-order valence-corrected chi connectivity index (χ4v) is 5.24. The fraction of sp³-hybridized carbons (Fsp3) is 0.421. The van der Waals surface area contributed by atoms with Crippen LogP contribution in [0.3, 0.4) is 0 Å². The Kier molecular flexibility index (Phi) is 4.67. The van der Waals surface area contributed by atoms with E-state index in [1.807, 2.05) is 39.0 Å². The molecule has 4 heteroatoms. The molecule has 1 aliphatic rings. The van der Waals surface area contributed by atoms with Crippen molar-refractivity contribution in [2.24, 2.45) is 11.3 Å².